The maximum atomic E-state index is 5.83. The Kier molecular flexibility index (Phi) is 3.40. The van der Waals surface area contributed by atoms with Crippen LogP contribution in [0.25, 0.3) is 0 Å². The van der Waals surface area contributed by atoms with Gasteiger partial charge < -0.3 is 4.74 Å². The van der Waals surface area contributed by atoms with Crippen LogP contribution in [0.5, 0.6) is 5.75 Å². The number of hydrogen-bond acceptors (Lipinski definition) is 1. The Balaban J connectivity index is 2.02. The van der Waals surface area contributed by atoms with Crippen LogP contribution < -0.4 is 4.74 Å². The van der Waals surface area contributed by atoms with Crippen molar-refractivity contribution in [1.29, 1.82) is 0 Å². The molecule has 1 aromatic rings. The molecular formula is C10H9Br2ClO. The molecular weight excluding hydrogens is 331 g/mol. The van der Waals surface area contributed by atoms with Gasteiger partial charge in [0.25, 0.3) is 0 Å². The van der Waals surface area contributed by atoms with Crippen LogP contribution in [0.2, 0.25) is 5.02 Å². The Morgan fingerprint density at radius 1 is 1.36 bits per heavy atom. The van der Waals surface area contributed by atoms with Crippen molar-refractivity contribution in [3.8, 4) is 5.75 Å². The van der Waals surface area contributed by atoms with Crippen LogP contribution in [0.4, 0.5) is 0 Å². The average molecular weight is 340 g/mol. The summed E-state index contributed by atoms with van der Waals surface area (Å²) < 4.78 is 6.69. The Labute approximate surface area is 105 Å². The summed E-state index contributed by atoms with van der Waals surface area (Å²) in [4.78, 5) is 0.624. The number of ether oxygens (including phenoxy) is 1. The summed E-state index contributed by atoms with van der Waals surface area (Å²) in [5.41, 5.74) is 0. The largest absolute Gasteiger partial charge is 0.489 e. The molecule has 1 aliphatic carbocycles. The van der Waals surface area contributed by atoms with Crippen LogP contribution >= 0.6 is 43.5 Å². The molecule has 2 rings (SSSR count). The number of benzene rings is 1. The third kappa shape index (κ3) is 2.44. The number of halogens is 3. The third-order valence-corrected chi connectivity index (χ3v) is 3.83. The SMILES string of the molecule is Clc1ccc(OC2CC(Br)C2)c(Br)c1. The van der Waals surface area contributed by atoms with Crippen molar-refractivity contribution in [2.45, 2.75) is 23.8 Å². The first-order chi connectivity index (χ1) is 6.65. The smallest absolute Gasteiger partial charge is 0.133 e. The quantitative estimate of drug-likeness (QED) is 0.725. The maximum absolute atomic E-state index is 5.83. The number of rotatable bonds is 2. The molecule has 0 saturated heterocycles. The molecule has 14 heavy (non-hydrogen) atoms. The van der Waals surface area contributed by atoms with E-state index < -0.39 is 0 Å². The predicted octanol–water partition coefficient (Wildman–Crippen LogP) is 4.41. The first-order valence-corrected chi connectivity index (χ1v) is 6.49. The van der Waals surface area contributed by atoms with E-state index in [0.29, 0.717) is 10.9 Å². The van der Waals surface area contributed by atoms with Crippen LogP contribution in [0.15, 0.2) is 22.7 Å². The van der Waals surface area contributed by atoms with Crippen LogP contribution in [0.1, 0.15) is 12.8 Å². The van der Waals surface area contributed by atoms with E-state index in [4.69, 9.17) is 16.3 Å². The fraction of sp³-hybridized carbons (Fsp3) is 0.400. The minimum atomic E-state index is 0.344. The molecule has 0 atom stereocenters. The fourth-order valence-electron chi connectivity index (χ4n) is 1.35. The molecule has 1 aliphatic rings. The van der Waals surface area contributed by atoms with Crippen molar-refractivity contribution in [1.82, 2.24) is 0 Å². The van der Waals surface area contributed by atoms with Gasteiger partial charge in [-0.05, 0) is 47.0 Å². The standard InChI is InChI=1S/C10H9Br2ClO/c11-6-3-8(4-6)14-10-2-1-7(13)5-9(10)12/h1-2,5-6,8H,3-4H2. The van der Waals surface area contributed by atoms with Crippen LogP contribution in [0.3, 0.4) is 0 Å². The van der Waals surface area contributed by atoms with Crippen molar-refractivity contribution >= 4 is 43.5 Å². The lowest BCUT2D eigenvalue weighted by Crippen LogP contribution is -2.34. The Hall–Kier alpha value is 0.270. The minimum Gasteiger partial charge on any atom is -0.489 e. The number of hydrogen-bond donors (Lipinski definition) is 0. The lowest BCUT2D eigenvalue weighted by molar-refractivity contribution is 0.127. The van der Waals surface area contributed by atoms with Gasteiger partial charge in [-0.25, -0.2) is 0 Å². The van der Waals surface area contributed by atoms with E-state index in [-0.39, 0.29) is 0 Å². The van der Waals surface area contributed by atoms with Gasteiger partial charge in [0.05, 0.1) is 4.47 Å². The van der Waals surface area contributed by atoms with Crippen molar-refractivity contribution in [3.05, 3.63) is 27.7 Å². The normalized spacial score (nSPS) is 25.6. The first-order valence-electron chi connectivity index (χ1n) is 4.41. The van der Waals surface area contributed by atoms with Gasteiger partial charge in [0, 0.05) is 9.85 Å². The van der Waals surface area contributed by atoms with Crippen molar-refractivity contribution < 1.29 is 4.74 Å². The van der Waals surface area contributed by atoms with Crippen LogP contribution in [-0.2, 0) is 0 Å². The van der Waals surface area contributed by atoms with Crippen LogP contribution in [-0.4, -0.2) is 10.9 Å². The zero-order valence-electron chi connectivity index (χ0n) is 7.34. The second-order valence-electron chi connectivity index (χ2n) is 3.38. The highest BCUT2D eigenvalue weighted by atomic mass is 79.9. The monoisotopic (exact) mass is 338 g/mol. The van der Waals surface area contributed by atoms with E-state index in [9.17, 15) is 0 Å². The Bertz CT molecular complexity index is 337. The molecule has 0 amide bonds. The Morgan fingerprint density at radius 3 is 2.64 bits per heavy atom. The molecule has 0 bridgehead atoms. The van der Waals surface area contributed by atoms with E-state index in [1.54, 1.807) is 0 Å². The summed E-state index contributed by atoms with van der Waals surface area (Å²) >= 11 is 12.8. The van der Waals surface area contributed by atoms with Gasteiger partial charge in [-0.1, -0.05) is 27.5 Å². The molecule has 76 valence electrons. The highest BCUT2D eigenvalue weighted by Crippen LogP contribution is 2.35. The van der Waals surface area contributed by atoms with Gasteiger partial charge in [0.2, 0.25) is 0 Å². The fourth-order valence-corrected chi connectivity index (χ4v) is 2.96. The topological polar surface area (TPSA) is 9.23 Å². The van der Waals surface area contributed by atoms with E-state index in [1.807, 2.05) is 18.2 Å². The summed E-state index contributed by atoms with van der Waals surface area (Å²) in [5, 5.41) is 0.719. The second kappa shape index (κ2) is 4.42. The van der Waals surface area contributed by atoms with E-state index in [1.165, 1.54) is 0 Å². The molecule has 1 saturated carbocycles. The van der Waals surface area contributed by atoms with Gasteiger partial charge in [-0.2, -0.15) is 0 Å². The molecule has 0 aliphatic heterocycles. The molecule has 1 nitrogen and oxygen atoms in total. The van der Waals surface area contributed by atoms with Crippen molar-refractivity contribution in [2.75, 3.05) is 0 Å². The van der Waals surface area contributed by atoms with Crippen molar-refractivity contribution in [2.24, 2.45) is 0 Å². The molecule has 0 spiro atoms. The van der Waals surface area contributed by atoms with Gasteiger partial charge in [0.15, 0.2) is 0 Å². The molecule has 1 aromatic carbocycles. The van der Waals surface area contributed by atoms with E-state index in [0.717, 1.165) is 28.1 Å². The van der Waals surface area contributed by atoms with Gasteiger partial charge in [0.1, 0.15) is 11.9 Å². The lowest BCUT2D eigenvalue weighted by Gasteiger charge is -2.31. The minimum absolute atomic E-state index is 0.344. The molecule has 0 heterocycles. The highest BCUT2D eigenvalue weighted by molar-refractivity contribution is 9.10. The molecule has 0 radical (unpaired) electrons. The highest BCUT2D eigenvalue weighted by Gasteiger charge is 2.28. The molecule has 4 heteroatoms. The first kappa shape index (κ1) is 10.8. The molecule has 0 unspecified atom stereocenters. The van der Waals surface area contributed by atoms with E-state index >= 15 is 0 Å². The summed E-state index contributed by atoms with van der Waals surface area (Å²) in [6.45, 7) is 0. The summed E-state index contributed by atoms with van der Waals surface area (Å²) in [5.74, 6) is 0.874. The summed E-state index contributed by atoms with van der Waals surface area (Å²) in [6.07, 6.45) is 2.50. The van der Waals surface area contributed by atoms with Gasteiger partial charge in [-0.15, -0.1) is 0 Å². The van der Waals surface area contributed by atoms with Gasteiger partial charge >= 0.3 is 0 Å². The predicted molar refractivity (Wildman–Crippen MR) is 65.5 cm³/mol. The summed E-state index contributed by atoms with van der Waals surface area (Å²) in [6, 6.07) is 5.58. The van der Waals surface area contributed by atoms with E-state index in [2.05, 4.69) is 31.9 Å². The third-order valence-electron chi connectivity index (χ3n) is 2.22. The average Bonchev–Trinajstić information content (AvgIpc) is 2.06. The number of alkyl halides is 1. The maximum Gasteiger partial charge on any atom is 0.133 e. The van der Waals surface area contributed by atoms with Crippen molar-refractivity contribution in [3.63, 3.8) is 0 Å². The lowest BCUT2D eigenvalue weighted by atomic mass is 9.96. The second-order valence-corrected chi connectivity index (χ2v) is 5.97. The van der Waals surface area contributed by atoms with Crippen LogP contribution in [0, 0.1) is 0 Å². The summed E-state index contributed by atoms with van der Waals surface area (Å²) in [7, 11) is 0. The van der Waals surface area contributed by atoms with Gasteiger partial charge in [-0.3, -0.25) is 0 Å². The molecule has 1 fully saturated rings. The molecule has 0 aromatic heterocycles. The Morgan fingerprint density at radius 2 is 2.07 bits per heavy atom. The zero-order valence-corrected chi connectivity index (χ0v) is 11.3. The zero-order chi connectivity index (χ0) is 10.1. The molecule has 0 N–H and O–H groups in total.